The minimum absolute atomic E-state index is 0.0663. The minimum Gasteiger partial charge on any atom is -0.396 e. The van der Waals surface area contributed by atoms with Gasteiger partial charge in [0.05, 0.1) is 5.39 Å². The van der Waals surface area contributed by atoms with Gasteiger partial charge in [-0.25, -0.2) is 9.97 Å². The number of nitrogens with one attached hydrogen (secondary N) is 1. The van der Waals surface area contributed by atoms with Crippen LogP contribution in [0.4, 0.5) is 5.82 Å². The van der Waals surface area contributed by atoms with Crippen LogP contribution in [0.3, 0.4) is 0 Å². The van der Waals surface area contributed by atoms with Crippen LogP contribution >= 0.6 is 0 Å². The molecular formula is C15H18N6O. The average Bonchev–Trinajstić information content (AvgIpc) is 2.93. The molecular weight excluding hydrogens is 280 g/mol. The molecule has 1 atom stereocenters. The first kappa shape index (κ1) is 14.4. The fourth-order valence-corrected chi connectivity index (χ4v) is 2.35. The van der Waals surface area contributed by atoms with Gasteiger partial charge in [-0.3, -0.25) is 9.67 Å². The number of rotatable bonds is 6. The smallest absolute Gasteiger partial charge is 0.186 e. The van der Waals surface area contributed by atoms with Crippen LogP contribution in [-0.4, -0.2) is 43.0 Å². The summed E-state index contributed by atoms with van der Waals surface area (Å²) in [7, 11) is 1.85. The number of anilines is 1. The Morgan fingerprint density at radius 1 is 1.27 bits per heavy atom. The molecule has 3 aromatic heterocycles. The first-order valence-electron chi connectivity index (χ1n) is 7.15. The monoisotopic (exact) mass is 298 g/mol. The van der Waals surface area contributed by atoms with Crippen molar-refractivity contribution in [2.45, 2.75) is 6.42 Å². The van der Waals surface area contributed by atoms with Gasteiger partial charge in [-0.05, 0) is 18.6 Å². The van der Waals surface area contributed by atoms with Crippen LogP contribution in [0, 0.1) is 5.92 Å². The Kier molecular flexibility index (Phi) is 4.24. The predicted octanol–water partition coefficient (Wildman–Crippen LogP) is 1.02. The third kappa shape index (κ3) is 3.20. The number of nitrogens with zero attached hydrogens (tertiary/aromatic N) is 5. The van der Waals surface area contributed by atoms with Crippen LogP contribution in [0.5, 0.6) is 0 Å². The molecule has 0 aliphatic rings. The highest BCUT2D eigenvalue weighted by atomic mass is 16.3. The van der Waals surface area contributed by atoms with Crippen molar-refractivity contribution in [3.05, 3.63) is 42.6 Å². The van der Waals surface area contributed by atoms with E-state index in [2.05, 4.69) is 25.4 Å². The van der Waals surface area contributed by atoms with Crippen LogP contribution in [0.15, 0.2) is 36.9 Å². The van der Waals surface area contributed by atoms with E-state index in [1.54, 1.807) is 10.9 Å². The summed E-state index contributed by atoms with van der Waals surface area (Å²) in [5.74, 6) is 0.800. The second-order valence-electron chi connectivity index (χ2n) is 5.22. The van der Waals surface area contributed by atoms with Crippen LogP contribution in [0.2, 0.25) is 0 Å². The summed E-state index contributed by atoms with van der Waals surface area (Å²) in [6, 6.07) is 5.80. The maximum atomic E-state index is 9.57. The fraction of sp³-hybridized carbons (Fsp3) is 0.333. The summed E-state index contributed by atoms with van der Waals surface area (Å²) in [5.41, 5.74) is 1.63. The number of aryl methyl sites for hydroxylation is 1. The maximum Gasteiger partial charge on any atom is 0.186 e. The molecule has 7 nitrogen and oxygen atoms in total. The zero-order valence-electron chi connectivity index (χ0n) is 12.3. The maximum absolute atomic E-state index is 9.57. The number of pyridine rings is 1. The van der Waals surface area contributed by atoms with Crippen molar-refractivity contribution in [2.75, 3.05) is 18.5 Å². The standard InChI is InChI=1S/C15H18N6O/c1-21-8-13-14(18-10-19-15(13)20-21)17-7-11(9-22)6-12-4-2-3-5-16-12/h2-5,8,10-11,22H,6-7,9H2,1H3,(H,17,18,19,20). The van der Waals surface area contributed by atoms with E-state index in [0.717, 1.165) is 16.9 Å². The second-order valence-corrected chi connectivity index (χ2v) is 5.22. The van der Waals surface area contributed by atoms with E-state index in [0.29, 0.717) is 18.6 Å². The van der Waals surface area contributed by atoms with Gasteiger partial charge in [0.2, 0.25) is 0 Å². The summed E-state index contributed by atoms with van der Waals surface area (Å²) in [6.45, 7) is 0.693. The quantitative estimate of drug-likeness (QED) is 0.706. The van der Waals surface area contributed by atoms with Crippen molar-refractivity contribution in [3.63, 3.8) is 0 Å². The number of fused-ring (bicyclic) bond motifs is 1. The molecule has 0 aliphatic heterocycles. The molecule has 0 aromatic carbocycles. The van der Waals surface area contributed by atoms with Gasteiger partial charge in [-0.2, -0.15) is 5.10 Å². The molecule has 7 heteroatoms. The molecule has 0 fully saturated rings. The fourth-order valence-electron chi connectivity index (χ4n) is 2.35. The molecule has 114 valence electrons. The zero-order valence-corrected chi connectivity index (χ0v) is 12.3. The lowest BCUT2D eigenvalue weighted by Gasteiger charge is -2.15. The van der Waals surface area contributed by atoms with Gasteiger partial charge >= 0.3 is 0 Å². The molecule has 22 heavy (non-hydrogen) atoms. The van der Waals surface area contributed by atoms with Crippen molar-refractivity contribution < 1.29 is 5.11 Å². The Morgan fingerprint density at radius 2 is 2.18 bits per heavy atom. The topological polar surface area (TPSA) is 88.8 Å². The van der Waals surface area contributed by atoms with Crippen molar-refractivity contribution in [1.29, 1.82) is 0 Å². The number of hydrogen-bond donors (Lipinski definition) is 2. The SMILES string of the molecule is Cn1cc2c(NCC(CO)Cc3ccccn3)ncnc2n1. The third-order valence-electron chi connectivity index (χ3n) is 3.47. The van der Waals surface area contributed by atoms with Gasteiger partial charge < -0.3 is 10.4 Å². The van der Waals surface area contributed by atoms with E-state index in [4.69, 9.17) is 0 Å². The number of hydrogen-bond acceptors (Lipinski definition) is 6. The predicted molar refractivity (Wildman–Crippen MR) is 83.3 cm³/mol. The number of aliphatic hydroxyl groups excluding tert-OH is 1. The third-order valence-corrected chi connectivity index (χ3v) is 3.47. The first-order valence-corrected chi connectivity index (χ1v) is 7.15. The molecule has 1 unspecified atom stereocenters. The van der Waals surface area contributed by atoms with Crippen LogP contribution in [0.25, 0.3) is 11.0 Å². The van der Waals surface area contributed by atoms with Crippen LogP contribution in [-0.2, 0) is 13.5 Å². The van der Waals surface area contributed by atoms with Gasteiger partial charge in [0.1, 0.15) is 12.1 Å². The number of aliphatic hydroxyl groups is 1. The van der Waals surface area contributed by atoms with E-state index in [-0.39, 0.29) is 12.5 Å². The summed E-state index contributed by atoms with van der Waals surface area (Å²) < 4.78 is 1.71. The highest BCUT2D eigenvalue weighted by molar-refractivity contribution is 5.85. The molecule has 0 aliphatic carbocycles. The van der Waals surface area contributed by atoms with Gasteiger partial charge in [0.25, 0.3) is 0 Å². The Balaban J connectivity index is 1.69. The Hall–Kier alpha value is -2.54. The van der Waals surface area contributed by atoms with E-state index in [1.165, 1.54) is 6.33 Å². The van der Waals surface area contributed by atoms with Gasteiger partial charge in [0, 0.05) is 44.2 Å². The van der Waals surface area contributed by atoms with E-state index in [1.807, 2.05) is 31.4 Å². The van der Waals surface area contributed by atoms with Crippen molar-refractivity contribution >= 4 is 16.9 Å². The first-order chi connectivity index (χ1) is 10.8. The summed E-state index contributed by atoms with van der Waals surface area (Å²) in [5, 5.41) is 18.0. The van der Waals surface area contributed by atoms with Crippen LogP contribution in [0.1, 0.15) is 5.69 Å². The molecule has 3 rings (SSSR count). The molecule has 0 saturated carbocycles. The minimum atomic E-state index is 0.0663. The van der Waals surface area contributed by atoms with Crippen molar-refractivity contribution in [1.82, 2.24) is 24.7 Å². The average molecular weight is 298 g/mol. The van der Waals surface area contributed by atoms with E-state index < -0.39 is 0 Å². The molecule has 0 saturated heterocycles. The van der Waals surface area contributed by atoms with Crippen molar-refractivity contribution in [3.8, 4) is 0 Å². The highest BCUT2D eigenvalue weighted by Gasteiger charge is 2.12. The van der Waals surface area contributed by atoms with Gasteiger partial charge in [-0.1, -0.05) is 6.07 Å². The Morgan fingerprint density at radius 3 is 2.95 bits per heavy atom. The molecule has 2 N–H and O–H groups in total. The van der Waals surface area contributed by atoms with E-state index >= 15 is 0 Å². The zero-order chi connectivity index (χ0) is 15.4. The molecule has 3 aromatic rings. The van der Waals surface area contributed by atoms with Crippen LogP contribution < -0.4 is 5.32 Å². The van der Waals surface area contributed by atoms with E-state index in [9.17, 15) is 5.11 Å². The molecule has 0 bridgehead atoms. The second kappa shape index (κ2) is 6.48. The molecule has 0 spiro atoms. The lowest BCUT2D eigenvalue weighted by Crippen LogP contribution is -2.21. The van der Waals surface area contributed by atoms with Crippen molar-refractivity contribution in [2.24, 2.45) is 13.0 Å². The Labute approximate surface area is 128 Å². The summed E-state index contributed by atoms with van der Waals surface area (Å²) in [6.07, 6.45) is 5.85. The molecule has 0 radical (unpaired) electrons. The largest absolute Gasteiger partial charge is 0.396 e. The number of aromatic nitrogens is 5. The van der Waals surface area contributed by atoms with Gasteiger partial charge in [0.15, 0.2) is 5.65 Å². The lowest BCUT2D eigenvalue weighted by atomic mass is 10.0. The summed E-state index contributed by atoms with van der Waals surface area (Å²) >= 11 is 0. The normalized spacial score (nSPS) is 12.5. The molecule has 3 heterocycles. The lowest BCUT2D eigenvalue weighted by molar-refractivity contribution is 0.232. The highest BCUT2D eigenvalue weighted by Crippen LogP contribution is 2.18. The molecule has 0 amide bonds. The Bertz CT molecular complexity index is 742. The van der Waals surface area contributed by atoms with Gasteiger partial charge in [-0.15, -0.1) is 0 Å². The summed E-state index contributed by atoms with van der Waals surface area (Å²) in [4.78, 5) is 12.7.